The van der Waals surface area contributed by atoms with Crippen molar-refractivity contribution >= 4 is 11.9 Å². The second-order valence-corrected chi connectivity index (χ2v) is 6.29. The van der Waals surface area contributed by atoms with E-state index in [1.807, 2.05) is 19.1 Å². The number of nitrogens with one attached hydrogen (secondary N) is 1. The summed E-state index contributed by atoms with van der Waals surface area (Å²) in [5.74, 6) is -2.79. The third-order valence-corrected chi connectivity index (χ3v) is 4.17. The third kappa shape index (κ3) is 4.17. The molecule has 3 aromatic rings. The number of para-hydroxylation sites is 1. The minimum absolute atomic E-state index is 0.0142. The van der Waals surface area contributed by atoms with Crippen LogP contribution in [-0.2, 0) is 4.79 Å². The number of amides is 1. The SMILES string of the molecule is Cc1ccc([C@H](CC(=O)O)NC(=O)c2cc(O)n(-c3ccccc3F)n2)cc1. The lowest BCUT2D eigenvalue weighted by Crippen LogP contribution is -2.30. The van der Waals surface area contributed by atoms with Gasteiger partial charge in [0, 0.05) is 6.07 Å². The first-order valence-corrected chi connectivity index (χ1v) is 8.48. The zero-order valence-corrected chi connectivity index (χ0v) is 15.0. The molecule has 1 aromatic heterocycles. The van der Waals surface area contributed by atoms with Gasteiger partial charge in [-0.3, -0.25) is 9.59 Å². The number of aliphatic carboxylic acids is 1. The smallest absolute Gasteiger partial charge is 0.305 e. The highest BCUT2D eigenvalue weighted by Crippen LogP contribution is 2.22. The number of aromatic nitrogens is 2. The first kappa shape index (κ1) is 19.1. The van der Waals surface area contributed by atoms with E-state index in [1.165, 1.54) is 18.2 Å². The molecule has 0 spiro atoms. The zero-order chi connectivity index (χ0) is 20.3. The third-order valence-electron chi connectivity index (χ3n) is 4.17. The van der Waals surface area contributed by atoms with Crippen LogP contribution in [-0.4, -0.2) is 31.9 Å². The quantitative estimate of drug-likeness (QED) is 0.607. The zero-order valence-electron chi connectivity index (χ0n) is 15.0. The van der Waals surface area contributed by atoms with Crippen molar-refractivity contribution in [3.8, 4) is 11.6 Å². The molecular formula is C20H18FN3O4. The number of hydrogen-bond acceptors (Lipinski definition) is 4. The average molecular weight is 383 g/mol. The Balaban J connectivity index is 1.86. The monoisotopic (exact) mass is 383 g/mol. The van der Waals surface area contributed by atoms with Gasteiger partial charge in [0.2, 0.25) is 5.88 Å². The molecule has 8 heteroatoms. The Kier molecular flexibility index (Phi) is 5.39. The Morgan fingerprint density at radius 2 is 1.86 bits per heavy atom. The fourth-order valence-electron chi connectivity index (χ4n) is 2.74. The number of hydrogen-bond donors (Lipinski definition) is 3. The Morgan fingerprint density at radius 1 is 1.18 bits per heavy atom. The lowest BCUT2D eigenvalue weighted by Gasteiger charge is -2.17. The van der Waals surface area contributed by atoms with E-state index in [4.69, 9.17) is 5.11 Å². The molecular weight excluding hydrogens is 365 g/mol. The van der Waals surface area contributed by atoms with Crippen LogP contribution in [0.1, 0.15) is 34.1 Å². The molecule has 1 atom stereocenters. The van der Waals surface area contributed by atoms with Gasteiger partial charge in [-0.05, 0) is 24.6 Å². The largest absolute Gasteiger partial charge is 0.493 e. The summed E-state index contributed by atoms with van der Waals surface area (Å²) >= 11 is 0. The number of carboxylic acid groups (broad SMARTS) is 1. The molecule has 0 saturated carbocycles. The van der Waals surface area contributed by atoms with Crippen LogP contribution < -0.4 is 5.32 Å². The predicted molar refractivity (Wildman–Crippen MR) is 98.8 cm³/mol. The van der Waals surface area contributed by atoms with Crippen molar-refractivity contribution < 1.29 is 24.2 Å². The molecule has 28 heavy (non-hydrogen) atoms. The van der Waals surface area contributed by atoms with Crippen molar-refractivity contribution in [3.63, 3.8) is 0 Å². The van der Waals surface area contributed by atoms with E-state index < -0.39 is 29.6 Å². The molecule has 3 rings (SSSR count). The van der Waals surface area contributed by atoms with Crippen molar-refractivity contribution in [2.24, 2.45) is 0 Å². The van der Waals surface area contributed by atoms with E-state index in [2.05, 4.69) is 10.4 Å². The number of rotatable bonds is 6. The van der Waals surface area contributed by atoms with Crippen molar-refractivity contribution in [1.29, 1.82) is 0 Å². The second-order valence-electron chi connectivity index (χ2n) is 6.29. The molecule has 144 valence electrons. The van der Waals surface area contributed by atoms with Crippen LogP contribution in [0.25, 0.3) is 5.69 Å². The van der Waals surface area contributed by atoms with E-state index in [1.54, 1.807) is 18.2 Å². The number of aromatic hydroxyl groups is 1. The average Bonchev–Trinajstić information content (AvgIpc) is 3.03. The van der Waals surface area contributed by atoms with Gasteiger partial charge in [-0.25, -0.2) is 4.39 Å². The summed E-state index contributed by atoms with van der Waals surface area (Å²) in [6.07, 6.45) is -0.325. The highest BCUT2D eigenvalue weighted by molar-refractivity contribution is 5.93. The van der Waals surface area contributed by atoms with Gasteiger partial charge in [0.15, 0.2) is 5.69 Å². The summed E-state index contributed by atoms with van der Waals surface area (Å²) < 4.78 is 14.8. The first-order chi connectivity index (χ1) is 13.3. The number of benzene rings is 2. The second kappa shape index (κ2) is 7.91. The molecule has 0 aliphatic carbocycles. The van der Waals surface area contributed by atoms with Crippen LogP contribution in [0.15, 0.2) is 54.6 Å². The lowest BCUT2D eigenvalue weighted by atomic mass is 10.0. The van der Waals surface area contributed by atoms with E-state index in [0.717, 1.165) is 16.3 Å². The van der Waals surface area contributed by atoms with Gasteiger partial charge < -0.3 is 15.5 Å². The van der Waals surface area contributed by atoms with Gasteiger partial charge >= 0.3 is 5.97 Å². The van der Waals surface area contributed by atoms with Gasteiger partial charge in [0.25, 0.3) is 5.91 Å². The number of carboxylic acids is 1. The maximum atomic E-state index is 13.9. The molecule has 0 aliphatic heterocycles. The van der Waals surface area contributed by atoms with E-state index in [-0.39, 0.29) is 17.8 Å². The summed E-state index contributed by atoms with van der Waals surface area (Å²) in [4.78, 5) is 23.8. The van der Waals surface area contributed by atoms with Gasteiger partial charge in [0.05, 0.1) is 12.5 Å². The molecule has 1 heterocycles. The Bertz CT molecular complexity index is 1010. The summed E-state index contributed by atoms with van der Waals surface area (Å²) in [5, 5.41) is 25.8. The Hall–Kier alpha value is -3.68. The normalized spacial score (nSPS) is 11.8. The number of halogens is 1. The molecule has 2 aromatic carbocycles. The fourth-order valence-corrected chi connectivity index (χ4v) is 2.74. The minimum Gasteiger partial charge on any atom is -0.493 e. The molecule has 3 N–H and O–H groups in total. The van der Waals surface area contributed by atoms with Crippen LogP contribution in [0.2, 0.25) is 0 Å². The highest BCUT2D eigenvalue weighted by atomic mass is 19.1. The molecule has 1 amide bonds. The maximum absolute atomic E-state index is 13.9. The molecule has 0 bridgehead atoms. The van der Waals surface area contributed by atoms with Gasteiger partial charge in [0.1, 0.15) is 11.5 Å². The number of aryl methyl sites for hydroxylation is 1. The fraction of sp³-hybridized carbons (Fsp3) is 0.150. The van der Waals surface area contributed by atoms with Crippen molar-refractivity contribution in [2.45, 2.75) is 19.4 Å². The van der Waals surface area contributed by atoms with E-state index in [9.17, 15) is 19.1 Å². The Labute approximate surface area is 160 Å². The predicted octanol–water partition coefficient (Wildman–Crippen LogP) is 2.97. The number of carbonyl (C=O) groups is 2. The number of nitrogens with zero attached hydrogens (tertiary/aromatic N) is 2. The molecule has 0 fully saturated rings. The van der Waals surface area contributed by atoms with Crippen LogP contribution >= 0.6 is 0 Å². The van der Waals surface area contributed by atoms with Gasteiger partial charge in [-0.2, -0.15) is 9.78 Å². The number of carbonyl (C=O) groups excluding carboxylic acids is 1. The Morgan fingerprint density at radius 3 is 2.50 bits per heavy atom. The van der Waals surface area contributed by atoms with Crippen LogP contribution in [0.3, 0.4) is 0 Å². The van der Waals surface area contributed by atoms with E-state index in [0.29, 0.717) is 5.56 Å². The highest BCUT2D eigenvalue weighted by Gasteiger charge is 2.22. The van der Waals surface area contributed by atoms with Crippen molar-refractivity contribution in [1.82, 2.24) is 15.1 Å². The van der Waals surface area contributed by atoms with Crippen LogP contribution in [0.5, 0.6) is 5.88 Å². The van der Waals surface area contributed by atoms with Crippen LogP contribution in [0, 0.1) is 12.7 Å². The molecule has 0 aliphatic rings. The maximum Gasteiger partial charge on any atom is 0.305 e. The van der Waals surface area contributed by atoms with Crippen molar-refractivity contribution in [2.75, 3.05) is 0 Å². The van der Waals surface area contributed by atoms with Gasteiger partial charge in [-0.1, -0.05) is 42.0 Å². The molecule has 0 radical (unpaired) electrons. The molecule has 0 saturated heterocycles. The van der Waals surface area contributed by atoms with E-state index >= 15 is 0 Å². The summed E-state index contributed by atoms with van der Waals surface area (Å²) in [6.45, 7) is 1.90. The minimum atomic E-state index is -1.08. The summed E-state index contributed by atoms with van der Waals surface area (Å²) in [6, 6.07) is 13.1. The topological polar surface area (TPSA) is 104 Å². The standard InChI is InChI=1S/C20H18FN3O4/c1-12-6-8-13(9-7-12)15(11-19(26)27)22-20(28)16-10-18(25)24(23-16)17-5-3-2-4-14(17)21/h2-10,15,25H,11H2,1H3,(H,22,28)(H,26,27)/t15-/m0/s1. The molecule has 7 nitrogen and oxygen atoms in total. The van der Waals surface area contributed by atoms with Gasteiger partial charge in [-0.15, -0.1) is 0 Å². The summed E-state index contributed by atoms with van der Waals surface area (Å²) in [5.41, 5.74) is 1.44. The summed E-state index contributed by atoms with van der Waals surface area (Å²) in [7, 11) is 0. The van der Waals surface area contributed by atoms with Crippen molar-refractivity contribution in [3.05, 3.63) is 77.2 Å². The molecule has 0 unspecified atom stereocenters. The van der Waals surface area contributed by atoms with Crippen LogP contribution in [0.4, 0.5) is 4.39 Å². The lowest BCUT2D eigenvalue weighted by molar-refractivity contribution is -0.137. The first-order valence-electron chi connectivity index (χ1n) is 8.48.